The van der Waals surface area contributed by atoms with E-state index in [0.717, 1.165) is 11.3 Å². The highest BCUT2D eigenvalue weighted by molar-refractivity contribution is 5.82. The molecule has 0 aliphatic carbocycles. The van der Waals surface area contributed by atoms with Crippen molar-refractivity contribution in [1.29, 1.82) is 0 Å². The molecular weight excluding hydrogens is 280 g/mol. The normalized spacial score (nSPS) is 16.6. The number of rotatable bonds is 3. The minimum absolute atomic E-state index is 0.143. The van der Waals surface area contributed by atoms with Crippen LogP contribution in [0.3, 0.4) is 0 Å². The van der Waals surface area contributed by atoms with Crippen molar-refractivity contribution in [2.45, 2.75) is 6.10 Å². The number of esters is 1. The Hall–Kier alpha value is -2.69. The number of methoxy groups -OCH3 is 1. The number of ether oxygens (including phenoxy) is 2. The average Bonchev–Trinajstić information content (AvgIpc) is 2.55. The Balaban J connectivity index is 1.96. The molecule has 5 nitrogen and oxygen atoms in total. The molecule has 1 unspecified atom stereocenters. The number of para-hydroxylation sites is 1. The second-order valence-corrected chi connectivity index (χ2v) is 5.17. The quantitative estimate of drug-likeness (QED) is 0.696. The summed E-state index contributed by atoms with van der Waals surface area (Å²) in [5, 5.41) is 0. The molecule has 0 amide bonds. The van der Waals surface area contributed by atoms with Crippen molar-refractivity contribution in [3.05, 3.63) is 54.1 Å². The molecule has 114 valence electrons. The van der Waals surface area contributed by atoms with E-state index in [1.807, 2.05) is 47.4 Å². The van der Waals surface area contributed by atoms with Gasteiger partial charge in [0.25, 0.3) is 0 Å². The van der Waals surface area contributed by atoms with Crippen molar-refractivity contribution in [3.63, 3.8) is 0 Å². The third-order valence-electron chi connectivity index (χ3n) is 3.72. The summed E-state index contributed by atoms with van der Waals surface area (Å²) in [6.45, 7) is 0.685. The van der Waals surface area contributed by atoms with Gasteiger partial charge in [0.05, 0.1) is 19.3 Å². The van der Waals surface area contributed by atoms with Crippen molar-refractivity contribution in [2.75, 3.05) is 30.8 Å². The van der Waals surface area contributed by atoms with E-state index in [1.165, 1.54) is 7.11 Å². The van der Waals surface area contributed by atoms with Gasteiger partial charge in [-0.1, -0.05) is 36.4 Å². The molecule has 0 bridgehead atoms. The molecule has 2 aromatic rings. The van der Waals surface area contributed by atoms with E-state index >= 15 is 0 Å². The number of carbonyl (C=O) groups is 1. The maximum absolute atomic E-state index is 11.7. The van der Waals surface area contributed by atoms with Crippen LogP contribution in [0.25, 0.3) is 0 Å². The first-order valence-electron chi connectivity index (χ1n) is 7.11. The number of nitrogens with zero attached hydrogens (tertiary/aromatic N) is 1. The maximum atomic E-state index is 11.7. The van der Waals surface area contributed by atoms with Crippen molar-refractivity contribution in [2.24, 2.45) is 0 Å². The first kappa shape index (κ1) is 14.3. The topological polar surface area (TPSA) is 64.8 Å². The first-order valence-corrected chi connectivity index (χ1v) is 7.11. The zero-order chi connectivity index (χ0) is 15.5. The van der Waals surface area contributed by atoms with E-state index < -0.39 is 0 Å². The van der Waals surface area contributed by atoms with Crippen molar-refractivity contribution < 1.29 is 14.3 Å². The van der Waals surface area contributed by atoms with Gasteiger partial charge in [0.15, 0.2) is 0 Å². The van der Waals surface area contributed by atoms with Crippen LogP contribution in [0.1, 0.15) is 11.7 Å². The predicted molar refractivity (Wildman–Crippen MR) is 84.9 cm³/mol. The summed E-state index contributed by atoms with van der Waals surface area (Å²) >= 11 is 0. The highest BCUT2D eigenvalue weighted by Crippen LogP contribution is 2.41. The summed E-state index contributed by atoms with van der Waals surface area (Å²) < 4.78 is 10.9. The second-order valence-electron chi connectivity index (χ2n) is 5.17. The molecular formula is C17H18N2O3. The Bertz CT molecular complexity index is 673. The summed E-state index contributed by atoms with van der Waals surface area (Å²) in [4.78, 5) is 13.6. The van der Waals surface area contributed by atoms with Crippen LogP contribution in [0.4, 0.5) is 11.4 Å². The highest BCUT2D eigenvalue weighted by atomic mass is 16.5. The van der Waals surface area contributed by atoms with Crippen LogP contribution >= 0.6 is 0 Å². The van der Waals surface area contributed by atoms with E-state index in [2.05, 4.69) is 0 Å². The van der Waals surface area contributed by atoms with Gasteiger partial charge in [-0.15, -0.1) is 0 Å². The van der Waals surface area contributed by atoms with Crippen LogP contribution in [0, 0.1) is 0 Å². The molecule has 1 atom stereocenters. The fourth-order valence-corrected chi connectivity index (χ4v) is 2.66. The number of nitrogens with two attached hydrogens (primary N) is 1. The number of hydrogen-bond donors (Lipinski definition) is 1. The largest absolute Gasteiger partial charge is 0.482 e. The fourth-order valence-electron chi connectivity index (χ4n) is 2.66. The number of carbonyl (C=O) groups excluding carboxylic acids is 1. The molecule has 0 spiro atoms. The highest BCUT2D eigenvalue weighted by Gasteiger charge is 2.29. The van der Waals surface area contributed by atoms with Crippen LogP contribution < -0.4 is 15.4 Å². The molecule has 0 saturated carbocycles. The molecule has 0 saturated heterocycles. The Labute approximate surface area is 129 Å². The summed E-state index contributed by atoms with van der Waals surface area (Å²) in [7, 11) is 1.38. The molecule has 22 heavy (non-hydrogen) atoms. The minimum atomic E-state index is -0.303. The Kier molecular flexibility index (Phi) is 3.87. The number of hydrogen-bond acceptors (Lipinski definition) is 5. The molecule has 0 radical (unpaired) electrons. The molecule has 2 N–H and O–H groups in total. The van der Waals surface area contributed by atoms with Crippen LogP contribution in [-0.4, -0.2) is 26.2 Å². The zero-order valence-corrected chi connectivity index (χ0v) is 12.4. The molecule has 1 aliphatic heterocycles. The lowest BCUT2D eigenvalue weighted by atomic mass is 10.1. The monoisotopic (exact) mass is 298 g/mol. The molecule has 0 fully saturated rings. The number of nitrogen functional groups attached to an aromatic ring is 1. The summed E-state index contributed by atoms with van der Waals surface area (Å²) in [6, 6.07) is 15.4. The lowest BCUT2D eigenvalue weighted by Crippen LogP contribution is -2.39. The first-order chi connectivity index (χ1) is 10.7. The van der Waals surface area contributed by atoms with Crippen LogP contribution in [0.5, 0.6) is 5.75 Å². The van der Waals surface area contributed by atoms with Crippen molar-refractivity contribution in [1.82, 2.24) is 0 Å². The number of anilines is 2. The Morgan fingerprint density at radius 1 is 1.27 bits per heavy atom. The molecule has 5 heteroatoms. The van der Waals surface area contributed by atoms with Crippen molar-refractivity contribution in [3.8, 4) is 5.75 Å². The molecule has 0 aromatic heterocycles. The van der Waals surface area contributed by atoms with E-state index in [0.29, 0.717) is 18.0 Å². The molecule has 1 aliphatic rings. The summed E-state index contributed by atoms with van der Waals surface area (Å²) in [5.74, 6) is 0.381. The van der Waals surface area contributed by atoms with E-state index in [-0.39, 0.29) is 18.6 Å². The van der Waals surface area contributed by atoms with Crippen molar-refractivity contribution >= 4 is 17.3 Å². The Morgan fingerprint density at radius 3 is 2.77 bits per heavy atom. The van der Waals surface area contributed by atoms with Gasteiger partial charge in [0, 0.05) is 0 Å². The Morgan fingerprint density at radius 2 is 2.05 bits per heavy atom. The van der Waals surface area contributed by atoms with Gasteiger partial charge in [0.1, 0.15) is 24.1 Å². The summed E-state index contributed by atoms with van der Waals surface area (Å²) in [6.07, 6.45) is -0.153. The third kappa shape index (κ3) is 2.70. The standard InChI is InChI=1S/C17H18N2O3/c1-21-16(20)11-19-10-15(12-6-3-2-4-7-12)22-14-9-5-8-13(18)17(14)19/h2-9,15H,10-11,18H2,1H3. The lowest BCUT2D eigenvalue weighted by Gasteiger charge is -2.36. The second kappa shape index (κ2) is 5.97. The number of benzene rings is 2. The van der Waals surface area contributed by atoms with Gasteiger partial charge in [-0.05, 0) is 17.7 Å². The fraction of sp³-hybridized carbons (Fsp3) is 0.235. The average molecular weight is 298 g/mol. The van der Waals surface area contributed by atoms with Gasteiger partial charge >= 0.3 is 5.97 Å². The van der Waals surface area contributed by atoms with Gasteiger partial charge in [-0.3, -0.25) is 4.79 Å². The van der Waals surface area contributed by atoms with E-state index in [9.17, 15) is 4.79 Å². The van der Waals surface area contributed by atoms with Gasteiger partial charge in [-0.2, -0.15) is 0 Å². The molecule has 2 aromatic carbocycles. The zero-order valence-electron chi connectivity index (χ0n) is 12.4. The van der Waals surface area contributed by atoms with Gasteiger partial charge in [0.2, 0.25) is 0 Å². The predicted octanol–water partition coefficient (Wildman–Crippen LogP) is 2.38. The third-order valence-corrected chi connectivity index (χ3v) is 3.72. The van der Waals surface area contributed by atoms with E-state index in [4.69, 9.17) is 15.2 Å². The van der Waals surface area contributed by atoms with Crippen LogP contribution in [0.2, 0.25) is 0 Å². The maximum Gasteiger partial charge on any atom is 0.325 e. The van der Waals surface area contributed by atoms with Crippen LogP contribution in [0.15, 0.2) is 48.5 Å². The van der Waals surface area contributed by atoms with E-state index in [1.54, 1.807) is 6.07 Å². The van der Waals surface area contributed by atoms with Crippen LogP contribution in [-0.2, 0) is 9.53 Å². The molecule has 3 rings (SSSR count). The summed E-state index contributed by atoms with van der Waals surface area (Å²) in [5.41, 5.74) is 8.46. The lowest BCUT2D eigenvalue weighted by molar-refractivity contribution is -0.139. The SMILES string of the molecule is COC(=O)CN1CC(c2ccccc2)Oc2cccc(N)c21. The smallest absolute Gasteiger partial charge is 0.325 e. The van der Waals surface area contributed by atoms with Gasteiger partial charge in [-0.25, -0.2) is 0 Å². The molecule has 1 heterocycles. The van der Waals surface area contributed by atoms with Gasteiger partial charge < -0.3 is 20.1 Å². The minimum Gasteiger partial charge on any atom is -0.482 e. The number of fused-ring (bicyclic) bond motifs is 1.